The lowest BCUT2D eigenvalue weighted by Crippen LogP contribution is -2.42. The minimum atomic E-state index is -0.817. The van der Waals surface area contributed by atoms with Crippen LogP contribution < -0.4 is 4.74 Å². The molecule has 1 aliphatic rings. The summed E-state index contributed by atoms with van der Waals surface area (Å²) in [4.78, 5) is 6.83. The van der Waals surface area contributed by atoms with Crippen LogP contribution in [-0.4, -0.2) is 28.1 Å². The van der Waals surface area contributed by atoms with E-state index in [0.717, 1.165) is 42.4 Å². The van der Waals surface area contributed by atoms with Crippen LogP contribution in [0.5, 0.6) is 11.5 Å². The zero-order valence-electron chi connectivity index (χ0n) is 16.2. The highest BCUT2D eigenvalue weighted by Gasteiger charge is 2.35. The van der Waals surface area contributed by atoms with Crippen LogP contribution in [0.4, 0.5) is 0 Å². The number of nitrogens with zero attached hydrogens (tertiary/aromatic N) is 2. The van der Waals surface area contributed by atoms with E-state index in [1.54, 1.807) is 0 Å². The van der Waals surface area contributed by atoms with Crippen LogP contribution in [0.2, 0.25) is 0 Å². The minimum Gasteiger partial charge on any atom is -0.457 e. The van der Waals surface area contributed by atoms with Crippen molar-refractivity contribution in [1.29, 1.82) is 0 Å². The van der Waals surface area contributed by atoms with Gasteiger partial charge < -0.3 is 9.84 Å². The Morgan fingerprint density at radius 1 is 0.964 bits per heavy atom. The zero-order valence-corrected chi connectivity index (χ0v) is 16.2. The molecule has 0 atom stereocenters. The lowest BCUT2D eigenvalue weighted by molar-refractivity contribution is -0.0311. The van der Waals surface area contributed by atoms with Gasteiger partial charge in [0.1, 0.15) is 17.1 Å². The van der Waals surface area contributed by atoms with E-state index in [2.05, 4.69) is 22.0 Å². The van der Waals surface area contributed by atoms with Crippen molar-refractivity contribution < 1.29 is 9.84 Å². The summed E-state index contributed by atoms with van der Waals surface area (Å²) in [5.41, 5.74) is 2.30. The van der Waals surface area contributed by atoms with E-state index >= 15 is 0 Å². The van der Waals surface area contributed by atoms with Gasteiger partial charge in [-0.05, 0) is 61.2 Å². The van der Waals surface area contributed by atoms with Gasteiger partial charge in [-0.25, -0.2) is 0 Å². The summed E-state index contributed by atoms with van der Waals surface area (Å²) in [6, 6.07) is 22.0. The Hall–Kier alpha value is -2.69. The number of aryl methyl sites for hydroxylation is 1. The molecule has 0 aliphatic carbocycles. The Morgan fingerprint density at radius 3 is 2.43 bits per heavy atom. The van der Waals surface area contributed by atoms with Crippen LogP contribution in [0.15, 0.2) is 72.9 Å². The highest BCUT2D eigenvalue weighted by Crippen LogP contribution is 2.32. The summed E-state index contributed by atoms with van der Waals surface area (Å²) in [6.07, 6.45) is 3.23. The van der Waals surface area contributed by atoms with Gasteiger partial charge in [0, 0.05) is 25.8 Å². The van der Waals surface area contributed by atoms with Gasteiger partial charge >= 0.3 is 0 Å². The fourth-order valence-corrected chi connectivity index (χ4v) is 3.67. The Balaban J connectivity index is 1.37. The van der Waals surface area contributed by atoms with E-state index in [-0.39, 0.29) is 0 Å². The smallest absolute Gasteiger partial charge is 0.127 e. The van der Waals surface area contributed by atoms with Gasteiger partial charge in [0.05, 0.1) is 5.69 Å². The summed E-state index contributed by atoms with van der Waals surface area (Å²) in [5.74, 6) is 1.69. The first kappa shape index (κ1) is 18.7. The van der Waals surface area contributed by atoms with Gasteiger partial charge in [0.15, 0.2) is 0 Å². The molecule has 1 fully saturated rings. The average Bonchev–Trinajstić information content (AvgIpc) is 2.71. The molecule has 1 aliphatic heterocycles. The van der Waals surface area contributed by atoms with E-state index in [9.17, 15) is 5.11 Å². The number of rotatable bonds is 5. The molecule has 4 rings (SSSR count). The summed E-state index contributed by atoms with van der Waals surface area (Å²) < 4.78 is 5.94. The Labute approximate surface area is 166 Å². The van der Waals surface area contributed by atoms with Crippen LogP contribution in [0, 0.1) is 6.92 Å². The molecule has 0 spiro atoms. The number of piperidine rings is 1. The molecule has 1 N–H and O–H groups in total. The van der Waals surface area contributed by atoms with Crippen molar-refractivity contribution in [2.45, 2.75) is 31.9 Å². The molecule has 3 aromatic rings. The molecule has 0 bridgehead atoms. The van der Waals surface area contributed by atoms with Crippen LogP contribution in [-0.2, 0) is 12.1 Å². The molecule has 0 saturated carbocycles. The Morgan fingerprint density at radius 2 is 1.71 bits per heavy atom. The number of benzene rings is 2. The van der Waals surface area contributed by atoms with E-state index < -0.39 is 5.60 Å². The zero-order chi connectivity index (χ0) is 19.4. The monoisotopic (exact) mass is 374 g/mol. The van der Waals surface area contributed by atoms with Gasteiger partial charge in [0.2, 0.25) is 0 Å². The molecule has 2 aromatic carbocycles. The van der Waals surface area contributed by atoms with Crippen molar-refractivity contribution in [2.24, 2.45) is 0 Å². The topological polar surface area (TPSA) is 45.6 Å². The largest absolute Gasteiger partial charge is 0.457 e. The Bertz CT molecular complexity index is 901. The van der Waals surface area contributed by atoms with E-state index in [0.29, 0.717) is 12.8 Å². The maximum atomic E-state index is 11.0. The predicted octanol–water partition coefficient (Wildman–Crippen LogP) is 4.67. The number of pyridine rings is 1. The first-order valence-electron chi connectivity index (χ1n) is 9.80. The first-order valence-corrected chi connectivity index (χ1v) is 9.80. The molecule has 0 amide bonds. The van der Waals surface area contributed by atoms with Crippen molar-refractivity contribution in [3.8, 4) is 11.5 Å². The number of likely N-dealkylation sites (tertiary alicyclic amines) is 1. The second-order valence-corrected chi connectivity index (χ2v) is 7.59. The molecule has 0 unspecified atom stereocenters. The van der Waals surface area contributed by atoms with Crippen LogP contribution in [0.3, 0.4) is 0 Å². The number of aliphatic hydroxyl groups is 1. The second-order valence-electron chi connectivity index (χ2n) is 7.59. The fourth-order valence-electron chi connectivity index (χ4n) is 3.67. The summed E-state index contributed by atoms with van der Waals surface area (Å²) in [7, 11) is 0. The predicted molar refractivity (Wildman–Crippen MR) is 110 cm³/mol. The quantitative estimate of drug-likeness (QED) is 0.705. The van der Waals surface area contributed by atoms with Crippen LogP contribution >= 0.6 is 0 Å². The average molecular weight is 374 g/mol. The lowest BCUT2D eigenvalue weighted by atomic mass is 9.87. The van der Waals surface area contributed by atoms with Gasteiger partial charge in [-0.3, -0.25) is 9.88 Å². The van der Waals surface area contributed by atoms with Crippen molar-refractivity contribution in [3.63, 3.8) is 0 Å². The SMILES string of the molecule is Cc1ccc(C2(O)CCN(Cc3cccc(Oc4ccccc4)c3)CC2)nc1. The number of hydrogen-bond donors (Lipinski definition) is 1. The number of hydrogen-bond acceptors (Lipinski definition) is 4. The molecular weight excluding hydrogens is 348 g/mol. The van der Waals surface area contributed by atoms with E-state index in [4.69, 9.17) is 4.74 Å². The van der Waals surface area contributed by atoms with Crippen LogP contribution in [0.1, 0.15) is 29.7 Å². The van der Waals surface area contributed by atoms with Crippen molar-refractivity contribution >= 4 is 0 Å². The molecule has 1 saturated heterocycles. The minimum absolute atomic E-state index is 0.698. The van der Waals surface area contributed by atoms with Gasteiger partial charge in [-0.15, -0.1) is 0 Å². The number of para-hydroxylation sites is 1. The van der Waals surface area contributed by atoms with E-state index in [1.165, 1.54) is 5.56 Å². The Kier molecular flexibility index (Phi) is 5.42. The summed E-state index contributed by atoms with van der Waals surface area (Å²) >= 11 is 0. The summed E-state index contributed by atoms with van der Waals surface area (Å²) in [6.45, 7) is 4.55. The normalized spacial score (nSPS) is 16.6. The van der Waals surface area contributed by atoms with Crippen LogP contribution in [0.25, 0.3) is 0 Å². The van der Waals surface area contributed by atoms with Crippen molar-refractivity contribution in [1.82, 2.24) is 9.88 Å². The number of aromatic nitrogens is 1. The maximum absolute atomic E-state index is 11.0. The molecule has 0 radical (unpaired) electrons. The third-order valence-corrected chi connectivity index (χ3v) is 5.35. The molecule has 1 aromatic heterocycles. The maximum Gasteiger partial charge on any atom is 0.127 e. The molecule has 144 valence electrons. The lowest BCUT2D eigenvalue weighted by Gasteiger charge is -2.37. The summed E-state index contributed by atoms with van der Waals surface area (Å²) in [5, 5.41) is 11.0. The van der Waals surface area contributed by atoms with Gasteiger partial charge in [-0.1, -0.05) is 36.4 Å². The van der Waals surface area contributed by atoms with E-state index in [1.807, 2.05) is 67.7 Å². The fraction of sp³-hybridized carbons (Fsp3) is 0.292. The standard InChI is InChI=1S/C24H26N2O2/c1-19-10-11-23(25-17-19)24(27)12-14-26(15-13-24)18-20-6-5-9-22(16-20)28-21-7-3-2-4-8-21/h2-11,16-17,27H,12-15,18H2,1H3. The molecule has 2 heterocycles. The molecule has 4 heteroatoms. The third-order valence-electron chi connectivity index (χ3n) is 5.35. The van der Waals surface area contributed by atoms with Gasteiger partial charge in [-0.2, -0.15) is 0 Å². The van der Waals surface area contributed by atoms with Gasteiger partial charge in [0.25, 0.3) is 0 Å². The van der Waals surface area contributed by atoms with Crippen molar-refractivity contribution in [2.75, 3.05) is 13.1 Å². The number of ether oxygens (including phenoxy) is 1. The van der Waals surface area contributed by atoms with Crippen molar-refractivity contribution in [3.05, 3.63) is 89.7 Å². The first-order chi connectivity index (χ1) is 13.6. The molecular formula is C24H26N2O2. The molecule has 4 nitrogen and oxygen atoms in total. The highest BCUT2D eigenvalue weighted by atomic mass is 16.5. The molecule has 28 heavy (non-hydrogen) atoms. The second kappa shape index (κ2) is 8.13. The highest BCUT2D eigenvalue weighted by molar-refractivity contribution is 5.34. The third kappa shape index (κ3) is 4.41.